The predicted molar refractivity (Wildman–Crippen MR) is 129 cm³/mol. The van der Waals surface area contributed by atoms with E-state index < -0.39 is 0 Å². The van der Waals surface area contributed by atoms with Crippen molar-refractivity contribution in [3.63, 3.8) is 0 Å². The molecule has 5 rings (SSSR count). The predicted octanol–water partition coefficient (Wildman–Crippen LogP) is 5.53. The molecular weight excluding hydrogens is 529 g/mol. The van der Waals surface area contributed by atoms with Crippen LogP contribution in [0.4, 0.5) is 5.13 Å². The molecule has 1 N–H and O–H groups in total. The molecule has 1 amide bonds. The smallest absolute Gasteiger partial charge is 0.223 e. The molecule has 0 aliphatic carbocycles. The number of rotatable bonds is 3. The molecule has 0 bridgehead atoms. The zero-order valence-corrected chi connectivity index (χ0v) is 19.9. The second-order valence-electron chi connectivity index (χ2n) is 6.86. The SMILES string of the molecule is CC(=O)Nc1nc2c(s1)-c1c(c(-c3ccc(I)nc3)nn1-c1ccccc1C)SC2. The quantitative estimate of drug-likeness (QED) is 0.271. The van der Waals surface area contributed by atoms with Crippen molar-refractivity contribution < 1.29 is 4.79 Å². The molecule has 30 heavy (non-hydrogen) atoms. The number of hydrogen-bond donors (Lipinski definition) is 1. The second-order valence-corrected chi connectivity index (χ2v) is 9.95. The van der Waals surface area contributed by atoms with Crippen molar-refractivity contribution in [1.82, 2.24) is 19.7 Å². The largest absolute Gasteiger partial charge is 0.302 e. The number of fused-ring (bicyclic) bond motifs is 3. The molecule has 1 aliphatic heterocycles. The fourth-order valence-electron chi connectivity index (χ4n) is 3.40. The number of aryl methyl sites for hydroxylation is 1. The van der Waals surface area contributed by atoms with Crippen molar-refractivity contribution in [2.24, 2.45) is 0 Å². The number of aromatic nitrogens is 4. The molecule has 0 fully saturated rings. The summed E-state index contributed by atoms with van der Waals surface area (Å²) < 4.78 is 2.96. The van der Waals surface area contributed by atoms with E-state index >= 15 is 0 Å². The van der Waals surface area contributed by atoms with Crippen molar-refractivity contribution in [3.8, 4) is 27.5 Å². The Morgan fingerprint density at radius 2 is 2.07 bits per heavy atom. The van der Waals surface area contributed by atoms with Gasteiger partial charge in [-0.3, -0.25) is 4.79 Å². The van der Waals surface area contributed by atoms with Gasteiger partial charge < -0.3 is 5.32 Å². The third-order valence-electron chi connectivity index (χ3n) is 4.74. The van der Waals surface area contributed by atoms with E-state index in [0.717, 1.165) is 53.1 Å². The van der Waals surface area contributed by atoms with Crippen LogP contribution in [0.2, 0.25) is 0 Å². The summed E-state index contributed by atoms with van der Waals surface area (Å²) in [6.45, 7) is 3.59. The van der Waals surface area contributed by atoms with Crippen molar-refractivity contribution in [2.45, 2.75) is 24.5 Å². The van der Waals surface area contributed by atoms with E-state index in [-0.39, 0.29) is 5.91 Å². The summed E-state index contributed by atoms with van der Waals surface area (Å²) in [6, 6.07) is 12.3. The van der Waals surface area contributed by atoms with Gasteiger partial charge in [0.15, 0.2) is 5.13 Å². The number of halogens is 1. The maximum Gasteiger partial charge on any atom is 0.223 e. The summed E-state index contributed by atoms with van der Waals surface area (Å²) in [5.41, 5.74) is 6.07. The average molecular weight is 545 g/mol. The van der Waals surface area contributed by atoms with Crippen LogP contribution in [0.25, 0.3) is 27.5 Å². The van der Waals surface area contributed by atoms with E-state index in [4.69, 9.17) is 5.10 Å². The maximum absolute atomic E-state index is 11.5. The summed E-state index contributed by atoms with van der Waals surface area (Å²) in [6.07, 6.45) is 1.87. The van der Waals surface area contributed by atoms with E-state index in [1.54, 1.807) is 11.8 Å². The van der Waals surface area contributed by atoms with Crippen LogP contribution in [0.5, 0.6) is 0 Å². The lowest BCUT2D eigenvalue weighted by molar-refractivity contribution is -0.114. The summed E-state index contributed by atoms with van der Waals surface area (Å²) in [7, 11) is 0. The van der Waals surface area contributed by atoms with Gasteiger partial charge >= 0.3 is 0 Å². The van der Waals surface area contributed by atoms with Gasteiger partial charge in [0.25, 0.3) is 0 Å². The normalized spacial score (nSPS) is 12.4. The number of carbonyl (C=O) groups excluding carboxylic acids is 1. The molecule has 0 spiro atoms. The summed E-state index contributed by atoms with van der Waals surface area (Å²) in [5, 5.41) is 8.48. The van der Waals surface area contributed by atoms with Gasteiger partial charge in [0.05, 0.1) is 21.2 Å². The van der Waals surface area contributed by atoms with Crippen LogP contribution >= 0.6 is 45.7 Å². The molecule has 150 valence electrons. The third-order valence-corrected chi connectivity index (χ3v) is 7.49. The first kappa shape index (κ1) is 19.7. The standard InChI is InChI=1S/C21H16IN5OS2/c1-11-5-3-4-6-15(11)27-18-19-14(25-21(30-19)24-12(2)28)10-29-20(18)17(26-27)13-7-8-16(22)23-9-13/h3-9H,10H2,1-2H3,(H,24,25,28). The second kappa shape index (κ2) is 7.78. The van der Waals surface area contributed by atoms with Crippen molar-refractivity contribution in [2.75, 3.05) is 5.32 Å². The Hall–Kier alpha value is -2.24. The summed E-state index contributed by atoms with van der Waals surface area (Å²) in [4.78, 5) is 22.8. The molecule has 0 saturated carbocycles. The van der Waals surface area contributed by atoms with E-state index in [2.05, 4.69) is 63.0 Å². The Morgan fingerprint density at radius 1 is 1.23 bits per heavy atom. The van der Waals surface area contributed by atoms with E-state index in [1.807, 2.05) is 29.1 Å². The van der Waals surface area contributed by atoms with Crippen LogP contribution in [-0.2, 0) is 10.5 Å². The van der Waals surface area contributed by atoms with Crippen LogP contribution in [0, 0.1) is 10.6 Å². The highest BCUT2D eigenvalue weighted by atomic mass is 127. The molecule has 1 aromatic carbocycles. The highest BCUT2D eigenvalue weighted by Gasteiger charge is 2.31. The minimum absolute atomic E-state index is 0.118. The van der Waals surface area contributed by atoms with Crippen molar-refractivity contribution >= 4 is 56.7 Å². The van der Waals surface area contributed by atoms with Gasteiger partial charge in [-0.2, -0.15) is 5.10 Å². The van der Waals surface area contributed by atoms with Crippen LogP contribution in [-0.4, -0.2) is 25.7 Å². The van der Waals surface area contributed by atoms with Crippen LogP contribution in [0.3, 0.4) is 0 Å². The first-order valence-electron chi connectivity index (χ1n) is 9.22. The molecular formula is C21H16IN5OS2. The number of thiazole rings is 1. The number of carbonyl (C=O) groups is 1. The first-order chi connectivity index (χ1) is 14.5. The Bertz CT molecular complexity index is 1280. The Kier molecular flexibility index (Phi) is 5.11. The van der Waals surface area contributed by atoms with E-state index in [1.165, 1.54) is 18.3 Å². The average Bonchev–Trinajstić information content (AvgIpc) is 3.29. The highest BCUT2D eigenvalue weighted by Crippen LogP contribution is 2.50. The molecule has 0 saturated heterocycles. The van der Waals surface area contributed by atoms with Gasteiger partial charge in [-0.1, -0.05) is 29.5 Å². The number of amides is 1. The van der Waals surface area contributed by atoms with Crippen molar-refractivity contribution in [1.29, 1.82) is 0 Å². The lowest BCUT2D eigenvalue weighted by Crippen LogP contribution is -2.05. The topological polar surface area (TPSA) is 72.7 Å². The van der Waals surface area contributed by atoms with Gasteiger partial charge in [0.1, 0.15) is 15.1 Å². The number of pyridine rings is 1. The number of benzene rings is 1. The van der Waals surface area contributed by atoms with Crippen LogP contribution in [0.15, 0.2) is 47.5 Å². The molecule has 4 aromatic rings. The Balaban J connectivity index is 1.76. The molecule has 6 nitrogen and oxygen atoms in total. The molecule has 0 unspecified atom stereocenters. The maximum atomic E-state index is 11.5. The fourth-order valence-corrected chi connectivity index (χ4v) is 6.05. The molecule has 9 heteroatoms. The number of hydrogen-bond acceptors (Lipinski definition) is 6. The Morgan fingerprint density at radius 3 is 2.80 bits per heavy atom. The van der Waals surface area contributed by atoms with Gasteiger partial charge in [0.2, 0.25) is 5.91 Å². The number of thioether (sulfide) groups is 1. The molecule has 0 atom stereocenters. The summed E-state index contributed by atoms with van der Waals surface area (Å²) >= 11 is 5.43. The molecule has 3 aromatic heterocycles. The highest BCUT2D eigenvalue weighted by molar-refractivity contribution is 14.1. The Labute approximate surface area is 195 Å². The number of anilines is 1. The minimum Gasteiger partial charge on any atom is -0.302 e. The molecule has 1 aliphatic rings. The van der Waals surface area contributed by atoms with Gasteiger partial charge in [-0.05, 0) is 53.3 Å². The third kappa shape index (κ3) is 3.44. The number of nitrogens with zero attached hydrogens (tertiary/aromatic N) is 4. The first-order valence-corrected chi connectivity index (χ1v) is 12.1. The zero-order valence-electron chi connectivity index (χ0n) is 16.1. The molecule has 4 heterocycles. The van der Waals surface area contributed by atoms with Gasteiger partial charge in [-0.25, -0.2) is 14.6 Å². The van der Waals surface area contributed by atoms with Crippen LogP contribution in [0.1, 0.15) is 18.2 Å². The summed E-state index contributed by atoms with van der Waals surface area (Å²) in [5.74, 6) is 0.620. The lowest BCUT2D eigenvalue weighted by atomic mass is 10.1. The zero-order chi connectivity index (χ0) is 20.8. The monoisotopic (exact) mass is 545 g/mol. The number of para-hydroxylation sites is 1. The van der Waals surface area contributed by atoms with Gasteiger partial charge in [-0.15, -0.1) is 11.8 Å². The van der Waals surface area contributed by atoms with Crippen LogP contribution < -0.4 is 5.32 Å². The lowest BCUT2D eigenvalue weighted by Gasteiger charge is -2.14. The van der Waals surface area contributed by atoms with E-state index in [0.29, 0.717) is 5.13 Å². The molecule has 0 radical (unpaired) electrons. The van der Waals surface area contributed by atoms with E-state index in [9.17, 15) is 4.79 Å². The van der Waals surface area contributed by atoms with Crippen molar-refractivity contribution in [3.05, 3.63) is 57.6 Å². The minimum atomic E-state index is -0.118. The van der Waals surface area contributed by atoms with Gasteiger partial charge in [0, 0.05) is 24.4 Å². The fraction of sp³-hybridized carbons (Fsp3) is 0.143. The number of nitrogens with one attached hydrogen (secondary N) is 1.